The van der Waals surface area contributed by atoms with Crippen molar-refractivity contribution < 1.29 is 0 Å². The Hall–Kier alpha value is -1.16. The molecule has 0 unspecified atom stereocenters. The van der Waals surface area contributed by atoms with Gasteiger partial charge in [0, 0.05) is 37.1 Å². The van der Waals surface area contributed by atoms with Crippen LogP contribution in [0.4, 0.5) is 5.95 Å². The molecule has 2 N–H and O–H groups in total. The quantitative estimate of drug-likeness (QED) is 0.735. The predicted octanol–water partition coefficient (Wildman–Crippen LogP) is 1.16. The largest absolute Gasteiger partial charge is 0.355 e. The van der Waals surface area contributed by atoms with Gasteiger partial charge in [0.2, 0.25) is 5.95 Å². The minimum absolute atomic E-state index is 0.711. The van der Waals surface area contributed by atoms with Crippen molar-refractivity contribution in [3.63, 3.8) is 0 Å². The third-order valence-corrected chi connectivity index (χ3v) is 2.21. The number of hydrogen-bond donors (Lipinski definition) is 2. The molecular formula is C10H16N4. The summed E-state index contributed by atoms with van der Waals surface area (Å²) < 4.78 is 0. The summed E-state index contributed by atoms with van der Waals surface area (Å²) in [4.78, 5) is 8.41. The Morgan fingerprint density at radius 3 is 2.64 bits per heavy atom. The maximum atomic E-state index is 4.20. The minimum atomic E-state index is 0.711. The molecule has 2 rings (SSSR count). The molecule has 1 heterocycles. The molecule has 1 fully saturated rings. The summed E-state index contributed by atoms with van der Waals surface area (Å²) in [5, 5.41) is 6.49. The zero-order valence-corrected chi connectivity index (χ0v) is 8.45. The normalized spacial score (nSPS) is 15.5. The smallest absolute Gasteiger partial charge is 0.222 e. The fourth-order valence-corrected chi connectivity index (χ4v) is 1.25. The Labute approximate surface area is 84.2 Å². The molecule has 14 heavy (non-hydrogen) atoms. The van der Waals surface area contributed by atoms with Crippen LogP contribution in [0.1, 0.15) is 25.3 Å². The first-order chi connectivity index (χ1) is 6.88. The van der Waals surface area contributed by atoms with Crippen molar-refractivity contribution in [2.45, 2.75) is 32.4 Å². The van der Waals surface area contributed by atoms with Crippen molar-refractivity contribution in [3.05, 3.63) is 18.0 Å². The molecule has 0 spiro atoms. The Bertz CT molecular complexity index is 279. The zero-order chi connectivity index (χ0) is 9.80. The molecule has 4 heteroatoms. The highest BCUT2D eigenvalue weighted by molar-refractivity contribution is 5.24. The van der Waals surface area contributed by atoms with Gasteiger partial charge in [-0.05, 0) is 19.8 Å². The van der Waals surface area contributed by atoms with Crippen molar-refractivity contribution in [1.29, 1.82) is 0 Å². The number of nitrogens with one attached hydrogen (secondary N) is 2. The van der Waals surface area contributed by atoms with Crippen LogP contribution in [0.3, 0.4) is 0 Å². The number of aromatic nitrogens is 2. The Morgan fingerprint density at radius 1 is 1.36 bits per heavy atom. The lowest BCUT2D eigenvalue weighted by Crippen LogP contribution is -2.15. The molecule has 0 radical (unpaired) electrons. The van der Waals surface area contributed by atoms with Gasteiger partial charge < -0.3 is 10.6 Å². The third-order valence-electron chi connectivity index (χ3n) is 2.21. The van der Waals surface area contributed by atoms with Crippen LogP contribution in [0, 0.1) is 0 Å². The molecule has 0 saturated heterocycles. The van der Waals surface area contributed by atoms with E-state index in [2.05, 4.69) is 20.6 Å². The van der Waals surface area contributed by atoms with Gasteiger partial charge in [0.25, 0.3) is 0 Å². The third kappa shape index (κ3) is 2.67. The summed E-state index contributed by atoms with van der Waals surface area (Å²) in [6.07, 6.45) is 6.38. The molecule has 0 aliphatic heterocycles. The lowest BCUT2D eigenvalue weighted by atomic mass is 10.3. The molecule has 4 nitrogen and oxygen atoms in total. The summed E-state index contributed by atoms with van der Waals surface area (Å²) in [7, 11) is 0. The van der Waals surface area contributed by atoms with Gasteiger partial charge in [0.1, 0.15) is 0 Å². The second kappa shape index (κ2) is 4.37. The summed E-state index contributed by atoms with van der Waals surface area (Å²) in [5.41, 5.74) is 1.15. The fourth-order valence-electron chi connectivity index (χ4n) is 1.25. The zero-order valence-electron chi connectivity index (χ0n) is 8.45. The standard InChI is InChI=1S/C10H16N4/c1-2-11-10-13-6-8(7-14-10)5-12-9-3-4-9/h6-7,9,12H,2-5H2,1H3,(H,11,13,14). The van der Waals surface area contributed by atoms with E-state index in [1.807, 2.05) is 19.3 Å². The van der Waals surface area contributed by atoms with Crippen LogP contribution < -0.4 is 10.6 Å². The molecule has 0 bridgehead atoms. The number of hydrogen-bond acceptors (Lipinski definition) is 4. The summed E-state index contributed by atoms with van der Waals surface area (Å²) >= 11 is 0. The average Bonchev–Trinajstić information content (AvgIpc) is 3.01. The monoisotopic (exact) mass is 192 g/mol. The molecule has 0 atom stereocenters. The summed E-state index contributed by atoms with van der Waals surface area (Å²) in [6, 6.07) is 0.739. The van der Waals surface area contributed by atoms with Crippen molar-refractivity contribution in [2.75, 3.05) is 11.9 Å². The van der Waals surface area contributed by atoms with Gasteiger partial charge in [-0.3, -0.25) is 0 Å². The molecule has 1 saturated carbocycles. The SMILES string of the molecule is CCNc1ncc(CNC2CC2)cn1. The van der Waals surface area contributed by atoms with E-state index in [1.165, 1.54) is 12.8 Å². The molecule has 1 aliphatic rings. The second-order valence-corrected chi connectivity index (χ2v) is 3.60. The van der Waals surface area contributed by atoms with Gasteiger partial charge in [-0.25, -0.2) is 9.97 Å². The summed E-state index contributed by atoms with van der Waals surface area (Å²) in [5.74, 6) is 0.711. The van der Waals surface area contributed by atoms with E-state index in [0.29, 0.717) is 5.95 Å². The lowest BCUT2D eigenvalue weighted by molar-refractivity contribution is 0.683. The molecule has 1 aromatic rings. The van der Waals surface area contributed by atoms with Crippen LogP contribution >= 0.6 is 0 Å². The minimum Gasteiger partial charge on any atom is -0.355 e. The predicted molar refractivity (Wildman–Crippen MR) is 56.1 cm³/mol. The van der Waals surface area contributed by atoms with Gasteiger partial charge in [-0.15, -0.1) is 0 Å². The molecule has 1 aliphatic carbocycles. The number of nitrogens with zero attached hydrogens (tertiary/aromatic N) is 2. The van der Waals surface area contributed by atoms with E-state index >= 15 is 0 Å². The second-order valence-electron chi connectivity index (χ2n) is 3.60. The van der Waals surface area contributed by atoms with Crippen LogP contribution in [0.5, 0.6) is 0 Å². The van der Waals surface area contributed by atoms with Gasteiger partial charge >= 0.3 is 0 Å². The molecule has 0 amide bonds. The maximum Gasteiger partial charge on any atom is 0.222 e. The van der Waals surface area contributed by atoms with Crippen LogP contribution in [0.25, 0.3) is 0 Å². The first-order valence-electron chi connectivity index (χ1n) is 5.16. The van der Waals surface area contributed by atoms with Crippen molar-refractivity contribution in [1.82, 2.24) is 15.3 Å². The number of anilines is 1. The highest BCUT2D eigenvalue weighted by atomic mass is 15.1. The fraction of sp³-hybridized carbons (Fsp3) is 0.600. The highest BCUT2D eigenvalue weighted by Gasteiger charge is 2.19. The van der Waals surface area contributed by atoms with E-state index in [-0.39, 0.29) is 0 Å². The van der Waals surface area contributed by atoms with E-state index in [1.54, 1.807) is 0 Å². The Balaban J connectivity index is 1.84. The highest BCUT2D eigenvalue weighted by Crippen LogP contribution is 2.19. The van der Waals surface area contributed by atoms with E-state index < -0.39 is 0 Å². The van der Waals surface area contributed by atoms with Crippen LogP contribution in [0.2, 0.25) is 0 Å². The topological polar surface area (TPSA) is 49.8 Å². The van der Waals surface area contributed by atoms with E-state index in [9.17, 15) is 0 Å². The first-order valence-corrected chi connectivity index (χ1v) is 5.16. The van der Waals surface area contributed by atoms with Crippen LogP contribution in [-0.2, 0) is 6.54 Å². The maximum absolute atomic E-state index is 4.20. The molecule has 1 aromatic heterocycles. The van der Waals surface area contributed by atoms with Gasteiger partial charge in [-0.2, -0.15) is 0 Å². The van der Waals surface area contributed by atoms with Crippen molar-refractivity contribution >= 4 is 5.95 Å². The van der Waals surface area contributed by atoms with Gasteiger partial charge in [0.05, 0.1) is 0 Å². The van der Waals surface area contributed by atoms with Crippen LogP contribution in [-0.4, -0.2) is 22.6 Å². The van der Waals surface area contributed by atoms with Crippen LogP contribution in [0.15, 0.2) is 12.4 Å². The van der Waals surface area contributed by atoms with Crippen molar-refractivity contribution in [3.8, 4) is 0 Å². The Kier molecular flexibility index (Phi) is 2.93. The Morgan fingerprint density at radius 2 is 2.07 bits per heavy atom. The molecule has 76 valence electrons. The average molecular weight is 192 g/mol. The van der Waals surface area contributed by atoms with E-state index in [4.69, 9.17) is 0 Å². The first kappa shape index (κ1) is 9.40. The lowest BCUT2D eigenvalue weighted by Gasteiger charge is -2.03. The van der Waals surface area contributed by atoms with Gasteiger partial charge in [-0.1, -0.05) is 0 Å². The van der Waals surface area contributed by atoms with Gasteiger partial charge in [0.15, 0.2) is 0 Å². The molecule has 0 aromatic carbocycles. The van der Waals surface area contributed by atoms with Crippen molar-refractivity contribution in [2.24, 2.45) is 0 Å². The summed E-state index contributed by atoms with van der Waals surface area (Å²) in [6.45, 7) is 3.78. The molecular weight excluding hydrogens is 176 g/mol. The van der Waals surface area contributed by atoms with E-state index in [0.717, 1.165) is 24.7 Å². The number of rotatable bonds is 5.